The van der Waals surface area contributed by atoms with E-state index >= 15 is 0 Å². The first-order valence-electron chi connectivity index (χ1n) is 5.59. The molecule has 1 fully saturated rings. The predicted octanol–water partition coefficient (Wildman–Crippen LogP) is 2.77. The molecule has 2 rings (SSSR count). The van der Waals surface area contributed by atoms with Crippen LogP contribution in [0.5, 0.6) is 0 Å². The molecule has 0 amide bonds. The molecule has 0 saturated carbocycles. The van der Waals surface area contributed by atoms with Crippen LogP contribution in [0.3, 0.4) is 0 Å². The van der Waals surface area contributed by atoms with Gasteiger partial charge in [-0.15, -0.1) is 0 Å². The van der Waals surface area contributed by atoms with Gasteiger partial charge in [-0.2, -0.15) is 0 Å². The molecule has 1 aromatic heterocycles. The van der Waals surface area contributed by atoms with Crippen LogP contribution in [-0.2, 0) is 4.74 Å². The van der Waals surface area contributed by atoms with Gasteiger partial charge in [0.25, 0.3) is 0 Å². The lowest BCUT2D eigenvalue weighted by atomic mass is 10.2. The lowest BCUT2D eigenvalue weighted by Gasteiger charge is -2.36. The number of hydrogen-bond acceptors (Lipinski definition) is 3. The quantitative estimate of drug-likeness (QED) is 0.742. The lowest BCUT2D eigenvalue weighted by Crippen LogP contribution is -2.45. The number of aromatic nitrogens is 1. The van der Waals surface area contributed by atoms with Crippen LogP contribution in [0.1, 0.15) is 19.4 Å². The van der Waals surface area contributed by atoms with Crippen molar-refractivity contribution < 1.29 is 4.74 Å². The molecule has 1 aliphatic heterocycles. The summed E-state index contributed by atoms with van der Waals surface area (Å²) in [5.41, 5.74) is 1.23. The zero-order valence-corrected chi connectivity index (χ0v) is 11.5. The van der Waals surface area contributed by atoms with Crippen molar-refractivity contribution in [2.75, 3.05) is 18.0 Å². The van der Waals surface area contributed by atoms with Crippen LogP contribution in [0.25, 0.3) is 0 Å². The lowest BCUT2D eigenvalue weighted by molar-refractivity contribution is -0.00547. The van der Waals surface area contributed by atoms with Crippen molar-refractivity contribution in [2.45, 2.75) is 33.0 Å². The van der Waals surface area contributed by atoms with E-state index in [4.69, 9.17) is 4.74 Å². The molecule has 1 aromatic rings. The van der Waals surface area contributed by atoms with Crippen LogP contribution >= 0.6 is 15.9 Å². The highest BCUT2D eigenvalue weighted by Crippen LogP contribution is 2.21. The number of morpholine rings is 1. The van der Waals surface area contributed by atoms with Crippen molar-refractivity contribution >= 4 is 21.7 Å². The molecule has 0 spiro atoms. The summed E-state index contributed by atoms with van der Waals surface area (Å²) in [7, 11) is 0. The summed E-state index contributed by atoms with van der Waals surface area (Å²) in [5, 5.41) is 0. The third-order valence-electron chi connectivity index (χ3n) is 2.67. The number of ether oxygens (including phenoxy) is 1. The smallest absolute Gasteiger partial charge is 0.130 e. The summed E-state index contributed by atoms with van der Waals surface area (Å²) in [6.07, 6.45) is 0.537. The average Bonchev–Trinajstić information content (AvgIpc) is 2.14. The van der Waals surface area contributed by atoms with Gasteiger partial charge in [0.2, 0.25) is 0 Å². The fraction of sp³-hybridized carbons (Fsp3) is 0.583. The predicted molar refractivity (Wildman–Crippen MR) is 68.9 cm³/mol. The van der Waals surface area contributed by atoms with Gasteiger partial charge in [-0.3, -0.25) is 0 Å². The number of nitrogens with zero attached hydrogens (tertiary/aromatic N) is 2. The molecule has 1 saturated heterocycles. The molecule has 88 valence electrons. The summed E-state index contributed by atoms with van der Waals surface area (Å²) >= 11 is 3.44. The van der Waals surface area contributed by atoms with Crippen LogP contribution in [0.4, 0.5) is 5.82 Å². The highest BCUT2D eigenvalue weighted by Gasteiger charge is 2.23. The van der Waals surface area contributed by atoms with Gasteiger partial charge in [-0.25, -0.2) is 4.98 Å². The van der Waals surface area contributed by atoms with Crippen LogP contribution in [0.15, 0.2) is 16.7 Å². The summed E-state index contributed by atoms with van der Waals surface area (Å²) < 4.78 is 6.61. The van der Waals surface area contributed by atoms with Gasteiger partial charge in [0.15, 0.2) is 0 Å². The molecule has 0 bridgehead atoms. The Morgan fingerprint density at radius 2 is 1.94 bits per heavy atom. The largest absolute Gasteiger partial charge is 0.372 e. The highest BCUT2D eigenvalue weighted by molar-refractivity contribution is 9.10. The Hall–Kier alpha value is -0.610. The van der Waals surface area contributed by atoms with Crippen molar-refractivity contribution in [3.63, 3.8) is 0 Å². The SMILES string of the molecule is Cc1cc(Br)nc(N2CC(C)OC(C)C2)c1. The van der Waals surface area contributed by atoms with Gasteiger partial charge in [-0.1, -0.05) is 0 Å². The monoisotopic (exact) mass is 284 g/mol. The number of anilines is 1. The Morgan fingerprint density at radius 3 is 2.50 bits per heavy atom. The third-order valence-corrected chi connectivity index (χ3v) is 3.07. The molecule has 3 nitrogen and oxygen atoms in total. The third kappa shape index (κ3) is 2.74. The molecular weight excluding hydrogens is 268 g/mol. The summed E-state index contributed by atoms with van der Waals surface area (Å²) in [6, 6.07) is 4.15. The van der Waals surface area contributed by atoms with Gasteiger partial charge in [0.1, 0.15) is 10.4 Å². The summed E-state index contributed by atoms with van der Waals surface area (Å²) in [5.74, 6) is 1.04. The first-order valence-corrected chi connectivity index (χ1v) is 6.38. The van der Waals surface area contributed by atoms with Crippen molar-refractivity contribution in [3.8, 4) is 0 Å². The fourth-order valence-corrected chi connectivity index (χ4v) is 2.68. The Labute approximate surface area is 105 Å². The van der Waals surface area contributed by atoms with E-state index in [1.807, 2.05) is 6.07 Å². The van der Waals surface area contributed by atoms with Crippen molar-refractivity contribution in [3.05, 3.63) is 22.3 Å². The fourth-order valence-electron chi connectivity index (χ4n) is 2.13. The molecule has 0 radical (unpaired) electrons. The maximum absolute atomic E-state index is 5.72. The standard InChI is InChI=1S/C12H17BrN2O/c1-8-4-11(13)14-12(5-8)15-6-9(2)16-10(3)7-15/h4-5,9-10H,6-7H2,1-3H3. The van der Waals surface area contributed by atoms with E-state index in [1.54, 1.807) is 0 Å². The maximum Gasteiger partial charge on any atom is 0.130 e. The van der Waals surface area contributed by atoms with E-state index in [0.717, 1.165) is 23.5 Å². The van der Waals surface area contributed by atoms with Crippen molar-refractivity contribution in [1.29, 1.82) is 0 Å². The van der Waals surface area contributed by atoms with Gasteiger partial charge < -0.3 is 9.64 Å². The first-order chi connectivity index (χ1) is 7.54. The van der Waals surface area contributed by atoms with Crippen molar-refractivity contribution in [1.82, 2.24) is 4.98 Å². The second-order valence-corrected chi connectivity index (χ2v) is 5.30. The number of rotatable bonds is 1. The van der Waals surface area contributed by atoms with Crippen LogP contribution in [0, 0.1) is 6.92 Å². The van der Waals surface area contributed by atoms with Gasteiger partial charge in [0, 0.05) is 13.1 Å². The number of aryl methyl sites for hydroxylation is 1. The second-order valence-electron chi connectivity index (χ2n) is 4.49. The molecule has 0 aromatic carbocycles. The second kappa shape index (κ2) is 4.72. The number of halogens is 1. The van der Waals surface area contributed by atoms with Gasteiger partial charge >= 0.3 is 0 Å². The Kier molecular flexibility index (Phi) is 3.50. The van der Waals surface area contributed by atoms with Gasteiger partial charge in [0.05, 0.1) is 12.2 Å². The minimum atomic E-state index is 0.268. The molecule has 2 unspecified atom stereocenters. The Bertz CT molecular complexity index is 353. The molecule has 2 atom stereocenters. The topological polar surface area (TPSA) is 25.4 Å². The Balaban J connectivity index is 2.22. The molecule has 16 heavy (non-hydrogen) atoms. The van der Waals surface area contributed by atoms with E-state index in [9.17, 15) is 0 Å². The normalized spacial score (nSPS) is 25.9. The van der Waals surface area contributed by atoms with E-state index in [-0.39, 0.29) is 12.2 Å². The van der Waals surface area contributed by atoms with E-state index in [0.29, 0.717) is 0 Å². The maximum atomic E-state index is 5.72. The Morgan fingerprint density at radius 1 is 1.31 bits per heavy atom. The molecule has 4 heteroatoms. The van der Waals surface area contributed by atoms with Crippen LogP contribution < -0.4 is 4.90 Å². The number of pyridine rings is 1. The van der Waals surface area contributed by atoms with Crippen LogP contribution in [-0.4, -0.2) is 30.3 Å². The molecular formula is C12H17BrN2O. The van der Waals surface area contributed by atoms with Crippen LogP contribution in [0.2, 0.25) is 0 Å². The number of hydrogen-bond donors (Lipinski definition) is 0. The molecule has 0 N–H and O–H groups in total. The average molecular weight is 285 g/mol. The molecule has 1 aliphatic rings. The van der Waals surface area contributed by atoms with Crippen molar-refractivity contribution in [2.24, 2.45) is 0 Å². The van der Waals surface area contributed by atoms with E-state index in [2.05, 4.69) is 52.7 Å². The molecule has 2 heterocycles. The minimum absolute atomic E-state index is 0.268. The first kappa shape index (κ1) is 11.9. The van der Waals surface area contributed by atoms with Gasteiger partial charge in [-0.05, 0) is 54.4 Å². The van der Waals surface area contributed by atoms with E-state index < -0.39 is 0 Å². The highest BCUT2D eigenvalue weighted by atomic mass is 79.9. The zero-order valence-electron chi connectivity index (χ0n) is 9.90. The molecule has 0 aliphatic carbocycles. The minimum Gasteiger partial charge on any atom is -0.372 e. The summed E-state index contributed by atoms with van der Waals surface area (Å²) in [4.78, 5) is 6.80. The zero-order chi connectivity index (χ0) is 11.7. The summed E-state index contributed by atoms with van der Waals surface area (Å²) in [6.45, 7) is 8.12. The van der Waals surface area contributed by atoms with E-state index in [1.165, 1.54) is 5.56 Å².